The van der Waals surface area contributed by atoms with Crippen molar-refractivity contribution in [1.29, 1.82) is 0 Å². The monoisotopic (exact) mass is 326 g/mol. The van der Waals surface area contributed by atoms with Crippen LogP contribution in [0.15, 0.2) is 52.8 Å². The molecule has 116 valence electrons. The number of hydrogen-bond acceptors (Lipinski definition) is 3. The maximum atomic E-state index is 12.5. The van der Waals surface area contributed by atoms with E-state index in [2.05, 4.69) is 0 Å². The van der Waals surface area contributed by atoms with Crippen LogP contribution in [0, 0.1) is 0 Å². The second kappa shape index (κ2) is 6.79. The molecule has 2 aromatic rings. The zero-order valence-corrected chi connectivity index (χ0v) is 12.4. The molecule has 0 fully saturated rings. The summed E-state index contributed by atoms with van der Waals surface area (Å²) in [6.07, 6.45) is -2.67. The Morgan fingerprint density at radius 1 is 1.09 bits per heavy atom. The molecule has 0 heterocycles. The van der Waals surface area contributed by atoms with E-state index in [9.17, 15) is 18.3 Å². The number of phenolic OH excluding ortho intramolecular Hbond substituents is 1. The number of aromatic hydroxyl groups is 1. The molecule has 0 aliphatic carbocycles. The highest BCUT2D eigenvalue weighted by Gasteiger charge is 2.31. The lowest BCUT2D eigenvalue weighted by molar-refractivity contribution is -0.137. The molecule has 2 rings (SSSR count). The highest BCUT2D eigenvalue weighted by molar-refractivity contribution is 8.02. The van der Waals surface area contributed by atoms with Gasteiger partial charge < -0.3 is 9.84 Å². The maximum absolute atomic E-state index is 12.5. The van der Waals surface area contributed by atoms with E-state index in [1.165, 1.54) is 6.07 Å². The van der Waals surface area contributed by atoms with E-state index in [4.69, 9.17) is 4.74 Å². The number of phenols is 1. The lowest BCUT2D eigenvalue weighted by Gasteiger charge is -2.08. The third-order valence-corrected chi connectivity index (χ3v) is 3.73. The molecule has 0 radical (unpaired) electrons. The topological polar surface area (TPSA) is 29.5 Å². The lowest BCUT2D eigenvalue weighted by Crippen LogP contribution is -2.04. The van der Waals surface area contributed by atoms with Gasteiger partial charge in [-0.2, -0.15) is 13.2 Å². The van der Waals surface area contributed by atoms with Gasteiger partial charge in [-0.05, 0) is 47.4 Å². The molecule has 6 heteroatoms. The molecule has 0 bridgehead atoms. The third-order valence-electron chi connectivity index (χ3n) is 2.86. The first-order valence-corrected chi connectivity index (χ1v) is 7.15. The smallest absolute Gasteiger partial charge is 0.416 e. The van der Waals surface area contributed by atoms with Gasteiger partial charge in [-0.3, -0.25) is 0 Å². The normalized spacial score (nSPS) is 11.8. The highest BCUT2D eigenvalue weighted by Crippen LogP contribution is 2.36. The largest absolute Gasteiger partial charge is 0.507 e. The van der Waals surface area contributed by atoms with E-state index in [0.29, 0.717) is 4.90 Å². The van der Waals surface area contributed by atoms with Crippen LogP contribution >= 0.6 is 11.8 Å². The molecular weight excluding hydrogens is 313 g/mol. The van der Waals surface area contributed by atoms with Crippen molar-refractivity contribution in [3.8, 4) is 11.5 Å². The molecule has 0 amide bonds. The Labute approximate surface area is 130 Å². The third kappa shape index (κ3) is 4.21. The van der Waals surface area contributed by atoms with Gasteiger partial charge in [-0.25, -0.2) is 0 Å². The van der Waals surface area contributed by atoms with Crippen molar-refractivity contribution in [2.24, 2.45) is 0 Å². The van der Waals surface area contributed by atoms with Gasteiger partial charge in [0.05, 0.1) is 17.6 Å². The van der Waals surface area contributed by atoms with Crippen LogP contribution in [0.4, 0.5) is 13.2 Å². The summed E-state index contributed by atoms with van der Waals surface area (Å²) < 4.78 is 42.5. The molecule has 22 heavy (non-hydrogen) atoms. The van der Waals surface area contributed by atoms with Gasteiger partial charge in [0, 0.05) is 0 Å². The predicted octanol–water partition coefficient (Wildman–Crippen LogP) is 5.18. The molecule has 0 atom stereocenters. The first-order chi connectivity index (χ1) is 10.4. The van der Waals surface area contributed by atoms with Gasteiger partial charge in [0.15, 0.2) is 0 Å². The molecule has 0 aliphatic rings. The maximum Gasteiger partial charge on any atom is 0.416 e. The summed E-state index contributed by atoms with van der Waals surface area (Å²) in [4.78, 5) is 0.359. The lowest BCUT2D eigenvalue weighted by atomic mass is 10.2. The summed E-state index contributed by atoms with van der Waals surface area (Å²) in [6.45, 7) is 0. The molecule has 2 aromatic carbocycles. The summed E-state index contributed by atoms with van der Waals surface area (Å²) in [7, 11) is 1.58. The van der Waals surface area contributed by atoms with E-state index in [1.807, 2.05) is 12.1 Å². The number of methoxy groups -OCH3 is 1. The summed E-state index contributed by atoms with van der Waals surface area (Å²) in [5, 5.41) is 11.3. The van der Waals surface area contributed by atoms with Crippen molar-refractivity contribution in [2.45, 2.75) is 11.1 Å². The van der Waals surface area contributed by atoms with Crippen LogP contribution in [0.25, 0.3) is 6.08 Å². The number of thioether (sulfide) groups is 1. The molecule has 0 unspecified atom stereocenters. The number of hydrogen-bond donors (Lipinski definition) is 1. The van der Waals surface area contributed by atoms with Crippen LogP contribution in [0.1, 0.15) is 11.1 Å². The summed E-state index contributed by atoms with van der Waals surface area (Å²) >= 11 is 1.14. The Balaban J connectivity index is 2.06. The average Bonchev–Trinajstić information content (AvgIpc) is 2.48. The van der Waals surface area contributed by atoms with Crippen molar-refractivity contribution in [3.63, 3.8) is 0 Å². The predicted molar refractivity (Wildman–Crippen MR) is 81.0 cm³/mol. The van der Waals surface area contributed by atoms with Gasteiger partial charge >= 0.3 is 6.18 Å². The SMILES string of the molecule is COc1ccc(/C=C/Sc2ccc(C(F)(F)F)cc2O)cc1. The molecular formula is C16H13F3O2S. The van der Waals surface area contributed by atoms with Crippen molar-refractivity contribution >= 4 is 17.8 Å². The molecule has 0 aliphatic heterocycles. The van der Waals surface area contributed by atoms with E-state index in [1.54, 1.807) is 30.7 Å². The van der Waals surface area contributed by atoms with Crippen molar-refractivity contribution < 1.29 is 23.0 Å². The Morgan fingerprint density at radius 3 is 2.32 bits per heavy atom. The minimum Gasteiger partial charge on any atom is -0.507 e. The van der Waals surface area contributed by atoms with Gasteiger partial charge in [0.1, 0.15) is 11.5 Å². The quantitative estimate of drug-likeness (QED) is 0.785. The summed E-state index contributed by atoms with van der Waals surface area (Å²) in [6, 6.07) is 10.2. The number of alkyl halides is 3. The first kappa shape index (κ1) is 16.3. The number of rotatable bonds is 4. The minimum absolute atomic E-state index is 0.359. The number of halogens is 3. The van der Waals surface area contributed by atoms with Gasteiger partial charge in [-0.1, -0.05) is 23.9 Å². The van der Waals surface area contributed by atoms with Crippen LogP contribution in [-0.4, -0.2) is 12.2 Å². The van der Waals surface area contributed by atoms with E-state index >= 15 is 0 Å². The van der Waals surface area contributed by atoms with Crippen molar-refractivity contribution in [3.05, 3.63) is 59.0 Å². The fraction of sp³-hybridized carbons (Fsp3) is 0.125. The molecule has 0 spiro atoms. The Morgan fingerprint density at radius 2 is 1.77 bits per heavy atom. The molecule has 0 saturated heterocycles. The fourth-order valence-electron chi connectivity index (χ4n) is 1.69. The van der Waals surface area contributed by atoms with Gasteiger partial charge in [0.25, 0.3) is 0 Å². The standard InChI is InChI=1S/C16H13F3O2S/c1-21-13-5-2-11(3-6-13)8-9-22-15-7-4-12(10-14(15)20)16(17,18)19/h2-10,20H,1H3/b9-8+. The molecule has 0 aromatic heterocycles. The summed E-state index contributed by atoms with van der Waals surface area (Å²) in [5.41, 5.74) is 0.0492. The number of ether oxygens (including phenoxy) is 1. The fourth-order valence-corrected chi connectivity index (χ4v) is 2.39. The van der Waals surface area contributed by atoms with Crippen LogP contribution in [0.3, 0.4) is 0 Å². The zero-order chi connectivity index (χ0) is 16.2. The van der Waals surface area contributed by atoms with Crippen molar-refractivity contribution in [1.82, 2.24) is 0 Å². The van der Waals surface area contributed by atoms with Crippen LogP contribution in [-0.2, 0) is 6.18 Å². The van der Waals surface area contributed by atoms with Crippen LogP contribution < -0.4 is 4.74 Å². The van der Waals surface area contributed by atoms with Crippen LogP contribution in [0.5, 0.6) is 11.5 Å². The highest BCUT2D eigenvalue weighted by atomic mass is 32.2. The van der Waals surface area contributed by atoms with Gasteiger partial charge in [-0.15, -0.1) is 0 Å². The Hall–Kier alpha value is -2.08. The minimum atomic E-state index is -4.46. The van der Waals surface area contributed by atoms with Crippen molar-refractivity contribution in [2.75, 3.05) is 7.11 Å². The molecule has 2 nitrogen and oxygen atoms in total. The molecule has 0 saturated carbocycles. The van der Waals surface area contributed by atoms with E-state index < -0.39 is 11.7 Å². The first-order valence-electron chi connectivity index (χ1n) is 6.27. The average molecular weight is 326 g/mol. The van der Waals surface area contributed by atoms with E-state index in [0.717, 1.165) is 35.2 Å². The Bertz CT molecular complexity index is 664. The van der Waals surface area contributed by atoms with E-state index in [-0.39, 0.29) is 5.75 Å². The Kier molecular flexibility index (Phi) is 5.03. The molecule has 1 N–H and O–H groups in total. The zero-order valence-electron chi connectivity index (χ0n) is 11.6. The second-order valence-electron chi connectivity index (χ2n) is 4.37. The van der Waals surface area contributed by atoms with Crippen LogP contribution in [0.2, 0.25) is 0 Å². The number of benzene rings is 2. The van der Waals surface area contributed by atoms with Gasteiger partial charge in [0.2, 0.25) is 0 Å². The second-order valence-corrected chi connectivity index (χ2v) is 5.32. The summed E-state index contributed by atoms with van der Waals surface area (Å²) in [5.74, 6) is 0.351.